The van der Waals surface area contributed by atoms with Crippen LogP contribution >= 0.6 is 11.3 Å². The number of nitrogens with zero attached hydrogens (tertiary/aromatic N) is 3. The van der Waals surface area contributed by atoms with Crippen LogP contribution in [0.2, 0.25) is 0 Å². The van der Waals surface area contributed by atoms with Crippen LogP contribution in [0.15, 0.2) is 72.5 Å². The second-order valence-corrected chi connectivity index (χ2v) is 7.11. The Morgan fingerprint density at radius 3 is 2.67 bits per heavy atom. The first kappa shape index (κ1) is 17.2. The highest BCUT2D eigenvalue weighted by atomic mass is 32.1. The van der Waals surface area contributed by atoms with E-state index in [1.165, 1.54) is 4.88 Å². The van der Waals surface area contributed by atoms with Crippen molar-refractivity contribution >= 4 is 17.2 Å². The summed E-state index contributed by atoms with van der Waals surface area (Å²) in [6, 6.07) is 15.7. The smallest absolute Gasteiger partial charge is 0.251 e. The van der Waals surface area contributed by atoms with Gasteiger partial charge in [0.05, 0.1) is 5.69 Å². The minimum Gasteiger partial charge on any atom is -0.348 e. The van der Waals surface area contributed by atoms with Crippen LogP contribution in [0.4, 0.5) is 0 Å². The van der Waals surface area contributed by atoms with E-state index in [2.05, 4.69) is 21.5 Å². The van der Waals surface area contributed by atoms with Gasteiger partial charge in [-0.1, -0.05) is 18.2 Å². The van der Waals surface area contributed by atoms with Crippen LogP contribution in [0.25, 0.3) is 21.7 Å². The minimum absolute atomic E-state index is 0.0985. The topological polar surface area (TPSA) is 59.8 Å². The first-order valence-corrected chi connectivity index (χ1v) is 9.43. The Kier molecular flexibility index (Phi) is 4.80. The second kappa shape index (κ2) is 7.55. The normalized spacial score (nSPS) is 10.7. The monoisotopic (exact) mass is 374 g/mol. The van der Waals surface area contributed by atoms with Crippen molar-refractivity contribution in [1.82, 2.24) is 20.1 Å². The van der Waals surface area contributed by atoms with Gasteiger partial charge in [0, 0.05) is 48.2 Å². The van der Waals surface area contributed by atoms with Gasteiger partial charge < -0.3 is 5.32 Å². The third kappa shape index (κ3) is 3.80. The molecule has 1 amide bonds. The van der Waals surface area contributed by atoms with Gasteiger partial charge in [0.1, 0.15) is 0 Å². The van der Waals surface area contributed by atoms with Gasteiger partial charge in [-0.2, -0.15) is 5.10 Å². The van der Waals surface area contributed by atoms with Gasteiger partial charge in [0.15, 0.2) is 0 Å². The zero-order valence-electron chi connectivity index (χ0n) is 14.8. The molecule has 3 heterocycles. The zero-order chi connectivity index (χ0) is 18.6. The summed E-state index contributed by atoms with van der Waals surface area (Å²) in [5.41, 5.74) is 4.67. The maximum Gasteiger partial charge on any atom is 0.251 e. The fraction of sp³-hybridized carbons (Fsp3) is 0.0952. The molecule has 0 bridgehead atoms. The van der Waals surface area contributed by atoms with Crippen LogP contribution < -0.4 is 5.32 Å². The Morgan fingerprint density at radius 1 is 1.11 bits per heavy atom. The minimum atomic E-state index is -0.0985. The predicted molar refractivity (Wildman–Crippen MR) is 107 cm³/mol. The van der Waals surface area contributed by atoms with Crippen molar-refractivity contribution in [2.24, 2.45) is 7.05 Å². The molecular formula is C21H18N4OS. The molecule has 0 aliphatic carbocycles. The third-order valence-corrected chi connectivity index (χ3v) is 5.24. The SMILES string of the molecule is Cn1nccc1-c1cncc(CNC(=O)c2ccc(-c3cccs3)cc2)c1. The largest absolute Gasteiger partial charge is 0.348 e. The van der Waals surface area contributed by atoms with Crippen molar-refractivity contribution in [2.75, 3.05) is 0 Å². The molecule has 0 unspecified atom stereocenters. The molecular weight excluding hydrogens is 356 g/mol. The van der Waals surface area contributed by atoms with Gasteiger partial charge in [0.2, 0.25) is 0 Å². The van der Waals surface area contributed by atoms with Crippen LogP contribution in [0.5, 0.6) is 0 Å². The first-order valence-electron chi connectivity index (χ1n) is 8.55. The van der Waals surface area contributed by atoms with Gasteiger partial charge in [-0.25, -0.2) is 0 Å². The van der Waals surface area contributed by atoms with Crippen LogP contribution in [0.3, 0.4) is 0 Å². The van der Waals surface area contributed by atoms with E-state index >= 15 is 0 Å². The number of pyridine rings is 1. The standard InChI is InChI=1S/C21H18N4OS/c1-25-19(8-9-24-25)18-11-15(12-22-14-18)13-23-21(26)17-6-4-16(5-7-17)20-3-2-10-27-20/h2-12,14H,13H2,1H3,(H,23,26). The molecule has 0 aliphatic heterocycles. The summed E-state index contributed by atoms with van der Waals surface area (Å²) in [6.07, 6.45) is 5.31. The summed E-state index contributed by atoms with van der Waals surface area (Å²) >= 11 is 1.69. The van der Waals surface area contributed by atoms with Gasteiger partial charge in [0.25, 0.3) is 5.91 Å². The maximum absolute atomic E-state index is 12.4. The van der Waals surface area contributed by atoms with Crippen molar-refractivity contribution in [3.8, 4) is 21.7 Å². The number of rotatable bonds is 5. The molecule has 6 heteroatoms. The molecule has 0 aliphatic rings. The zero-order valence-corrected chi connectivity index (χ0v) is 15.6. The Morgan fingerprint density at radius 2 is 1.96 bits per heavy atom. The number of carbonyl (C=O) groups is 1. The average Bonchev–Trinajstić information content (AvgIpc) is 3.38. The molecule has 3 aromatic heterocycles. The Labute approximate surface area is 161 Å². The summed E-state index contributed by atoms with van der Waals surface area (Å²) < 4.78 is 1.80. The Balaban J connectivity index is 1.43. The molecule has 0 radical (unpaired) electrons. The fourth-order valence-corrected chi connectivity index (χ4v) is 3.63. The maximum atomic E-state index is 12.4. The molecule has 1 N–H and O–H groups in total. The van der Waals surface area contributed by atoms with Crippen molar-refractivity contribution in [3.63, 3.8) is 0 Å². The predicted octanol–water partition coefficient (Wildman–Crippen LogP) is 4.14. The van der Waals surface area contributed by atoms with Gasteiger partial charge in [-0.05, 0) is 46.8 Å². The highest BCUT2D eigenvalue weighted by Gasteiger charge is 2.08. The fourth-order valence-electron chi connectivity index (χ4n) is 2.89. The second-order valence-electron chi connectivity index (χ2n) is 6.16. The van der Waals surface area contributed by atoms with Crippen molar-refractivity contribution in [1.29, 1.82) is 0 Å². The number of carbonyl (C=O) groups excluding carboxylic acids is 1. The van der Waals surface area contributed by atoms with Crippen molar-refractivity contribution in [3.05, 3.63) is 83.6 Å². The summed E-state index contributed by atoms with van der Waals surface area (Å²) in [4.78, 5) is 17.9. The van der Waals surface area contributed by atoms with E-state index in [9.17, 15) is 4.79 Å². The molecule has 0 spiro atoms. The highest BCUT2D eigenvalue weighted by molar-refractivity contribution is 7.13. The average molecular weight is 374 g/mol. The van der Waals surface area contributed by atoms with E-state index in [0.29, 0.717) is 12.1 Å². The van der Waals surface area contributed by atoms with Gasteiger partial charge >= 0.3 is 0 Å². The molecule has 27 heavy (non-hydrogen) atoms. The van der Waals surface area contributed by atoms with Gasteiger partial charge in [-0.3, -0.25) is 14.5 Å². The lowest BCUT2D eigenvalue weighted by atomic mass is 10.1. The van der Waals surface area contributed by atoms with Crippen LogP contribution in [-0.4, -0.2) is 20.7 Å². The van der Waals surface area contributed by atoms with E-state index in [-0.39, 0.29) is 5.91 Å². The van der Waals surface area contributed by atoms with Crippen LogP contribution in [0.1, 0.15) is 15.9 Å². The number of aryl methyl sites for hydroxylation is 1. The number of thiophene rings is 1. The quantitative estimate of drug-likeness (QED) is 0.571. The van der Waals surface area contributed by atoms with E-state index < -0.39 is 0 Å². The summed E-state index contributed by atoms with van der Waals surface area (Å²) in [5, 5.41) is 9.19. The van der Waals surface area contributed by atoms with Gasteiger partial charge in [-0.15, -0.1) is 11.3 Å². The number of hydrogen-bond acceptors (Lipinski definition) is 4. The van der Waals surface area contributed by atoms with E-state index in [1.54, 1.807) is 34.6 Å². The molecule has 134 valence electrons. The lowest BCUT2D eigenvalue weighted by molar-refractivity contribution is 0.0951. The number of nitrogens with one attached hydrogen (secondary N) is 1. The number of benzene rings is 1. The van der Waals surface area contributed by atoms with Crippen LogP contribution in [0, 0.1) is 0 Å². The first-order chi connectivity index (χ1) is 13.2. The summed E-state index contributed by atoms with van der Waals surface area (Å²) in [6.45, 7) is 0.421. The number of aromatic nitrogens is 3. The van der Waals surface area contributed by atoms with Crippen molar-refractivity contribution < 1.29 is 4.79 Å². The molecule has 5 nitrogen and oxygen atoms in total. The lowest BCUT2D eigenvalue weighted by Crippen LogP contribution is -2.22. The molecule has 4 rings (SSSR count). The molecule has 1 aromatic carbocycles. The third-order valence-electron chi connectivity index (χ3n) is 4.32. The molecule has 0 saturated heterocycles. The molecule has 0 fully saturated rings. The van der Waals surface area contributed by atoms with Crippen molar-refractivity contribution in [2.45, 2.75) is 6.54 Å². The van der Waals surface area contributed by atoms with E-state index in [0.717, 1.165) is 22.4 Å². The Hall–Kier alpha value is -3.25. The molecule has 0 atom stereocenters. The number of amides is 1. The molecule has 4 aromatic rings. The van der Waals surface area contributed by atoms with Crippen LogP contribution in [-0.2, 0) is 13.6 Å². The Bertz CT molecular complexity index is 1050. The summed E-state index contributed by atoms with van der Waals surface area (Å²) in [5.74, 6) is -0.0985. The van der Waals surface area contributed by atoms with E-state index in [1.807, 2.05) is 54.9 Å². The highest BCUT2D eigenvalue weighted by Crippen LogP contribution is 2.24. The summed E-state index contributed by atoms with van der Waals surface area (Å²) in [7, 11) is 1.89. The number of hydrogen-bond donors (Lipinski definition) is 1. The van der Waals surface area contributed by atoms with E-state index in [4.69, 9.17) is 0 Å². The lowest BCUT2D eigenvalue weighted by Gasteiger charge is -2.08. The molecule has 0 saturated carbocycles.